The molecule has 4 heteroatoms. The molecule has 102 valence electrons. The summed E-state index contributed by atoms with van der Waals surface area (Å²) in [5, 5.41) is 4.32. The summed E-state index contributed by atoms with van der Waals surface area (Å²) in [5.74, 6) is 0.346. The average molecular weight is 251 g/mol. The van der Waals surface area contributed by atoms with Crippen LogP contribution in [0.15, 0.2) is 5.10 Å². The van der Waals surface area contributed by atoms with Crippen LogP contribution in [0.4, 0.5) is 0 Å². The number of likely N-dealkylation sites (tertiary alicyclic amines) is 1. The van der Waals surface area contributed by atoms with Gasteiger partial charge >= 0.3 is 0 Å². The number of nitrogens with zero attached hydrogens (tertiary/aromatic N) is 2. The SMILES string of the molecule is CCN1CCC(=NNC(=O)C2CCCCC2)CC1. The van der Waals surface area contributed by atoms with E-state index >= 15 is 0 Å². The molecule has 1 saturated carbocycles. The van der Waals surface area contributed by atoms with Crippen molar-refractivity contribution < 1.29 is 4.79 Å². The van der Waals surface area contributed by atoms with Crippen LogP contribution in [0.25, 0.3) is 0 Å². The van der Waals surface area contributed by atoms with Crippen molar-refractivity contribution in [3.05, 3.63) is 0 Å². The first-order valence-corrected chi connectivity index (χ1v) is 7.37. The van der Waals surface area contributed by atoms with E-state index < -0.39 is 0 Å². The third-order valence-electron chi connectivity index (χ3n) is 4.18. The number of rotatable bonds is 3. The number of hydrazone groups is 1. The lowest BCUT2D eigenvalue weighted by Gasteiger charge is -2.26. The Hall–Kier alpha value is -0.900. The van der Waals surface area contributed by atoms with Gasteiger partial charge in [-0.1, -0.05) is 26.2 Å². The summed E-state index contributed by atoms with van der Waals surface area (Å²) < 4.78 is 0. The van der Waals surface area contributed by atoms with Crippen molar-refractivity contribution in [2.24, 2.45) is 11.0 Å². The Balaban J connectivity index is 1.74. The van der Waals surface area contributed by atoms with Crippen LogP contribution in [0.1, 0.15) is 51.9 Å². The summed E-state index contributed by atoms with van der Waals surface area (Å²) in [7, 11) is 0. The molecule has 1 N–H and O–H groups in total. The minimum atomic E-state index is 0.139. The molecule has 1 amide bonds. The molecule has 0 radical (unpaired) electrons. The Labute approximate surface area is 110 Å². The van der Waals surface area contributed by atoms with Crippen molar-refractivity contribution in [2.45, 2.75) is 51.9 Å². The lowest BCUT2D eigenvalue weighted by molar-refractivity contribution is -0.125. The second kappa shape index (κ2) is 6.88. The van der Waals surface area contributed by atoms with Crippen LogP contribution < -0.4 is 5.43 Å². The zero-order chi connectivity index (χ0) is 12.8. The highest BCUT2D eigenvalue weighted by molar-refractivity contribution is 5.87. The van der Waals surface area contributed by atoms with Crippen LogP contribution in [0.5, 0.6) is 0 Å². The quantitative estimate of drug-likeness (QED) is 0.781. The molecule has 1 heterocycles. The van der Waals surface area contributed by atoms with E-state index in [-0.39, 0.29) is 11.8 Å². The highest BCUT2D eigenvalue weighted by Crippen LogP contribution is 2.23. The standard InChI is InChI=1S/C14H25N3O/c1-2-17-10-8-13(9-11-17)15-16-14(18)12-6-4-3-5-7-12/h12H,2-11H2,1H3,(H,16,18). The van der Waals surface area contributed by atoms with Crippen LogP contribution in [0.2, 0.25) is 0 Å². The average Bonchev–Trinajstić information content (AvgIpc) is 2.46. The van der Waals surface area contributed by atoms with E-state index in [1.54, 1.807) is 0 Å². The largest absolute Gasteiger partial charge is 0.303 e. The smallest absolute Gasteiger partial charge is 0.243 e. The fraction of sp³-hybridized carbons (Fsp3) is 0.857. The Morgan fingerprint density at radius 1 is 1.28 bits per heavy atom. The zero-order valence-electron chi connectivity index (χ0n) is 11.5. The second-order valence-electron chi connectivity index (χ2n) is 5.42. The molecule has 1 aliphatic heterocycles. The molecule has 2 fully saturated rings. The van der Waals surface area contributed by atoms with Crippen LogP contribution in [0, 0.1) is 5.92 Å². The van der Waals surface area contributed by atoms with E-state index in [2.05, 4.69) is 22.4 Å². The Kier molecular flexibility index (Phi) is 5.17. The zero-order valence-corrected chi connectivity index (χ0v) is 11.5. The first-order chi connectivity index (χ1) is 8.79. The van der Waals surface area contributed by atoms with Crippen molar-refractivity contribution in [1.29, 1.82) is 0 Å². The molecular weight excluding hydrogens is 226 g/mol. The molecular formula is C14H25N3O. The van der Waals surface area contributed by atoms with Gasteiger partial charge in [0.25, 0.3) is 0 Å². The van der Waals surface area contributed by atoms with E-state index in [1.807, 2.05) is 0 Å². The second-order valence-corrected chi connectivity index (χ2v) is 5.42. The summed E-state index contributed by atoms with van der Waals surface area (Å²) in [6.45, 7) is 5.46. The Morgan fingerprint density at radius 2 is 1.94 bits per heavy atom. The lowest BCUT2D eigenvalue weighted by atomic mass is 9.89. The summed E-state index contributed by atoms with van der Waals surface area (Å²) >= 11 is 0. The number of hydrogen-bond acceptors (Lipinski definition) is 3. The molecule has 1 aliphatic carbocycles. The fourth-order valence-electron chi connectivity index (χ4n) is 2.83. The maximum absolute atomic E-state index is 11.9. The number of piperidine rings is 1. The molecule has 0 atom stereocenters. The van der Waals surface area contributed by atoms with Crippen LogP contribution in [0.3, 0.4) is 0 Å². The van der Waals surface area contributed by atoms with Gasteiger partial charge in [0.05, 0.1) is 0 Å². The maximum Gasteiger partial charge on any atom is 0.243 e. The number of nitrogens with one attached hydrogen (secondary N) is 1. The topological polar surface area (TPSA) is 44.7 Å². The highest BCUT2D eigenvalue weighted by Gasteiger charge is 2.21. The van der Waals surface area contributed by atoms with Crippen molar-refractivity contribution >= 4 is 11.6 Å². The summed E-state index contributed by atoms with van der Waals surface area (Å²) in [6.07, 6.45) is 7.75. The molecule has 2 aliphatic rings. The van der Waals surface area contributed by atoms with Gasteiger partial charge in [0.1, 0.15) is 0 Å². The van der Waals surface area contributed by atoms with Gasteiger partial charge in [-0.05, 0) is 19.4 Å². The molecule has 0 bridgehead atoms. The molecule has 0 aromatic rings. The minimum absolute atomic E-state index is 0.139. The predicted molar refractivity (Wildman–Crippen MR) is 73.5 cm³/mol. The molecule has 0 aromatic carbocycles. The third kappa shape index (κ3) is 3.80. The molecule has 0 aromatic heterocycles. The minimum Gasteiger partial charge on any atom is -0.303 e. The van der Waals surface area contributed by atoms with Crippen molar-refractivity contribution in [3.63, 3.8) is 0 Å². The predicted octanol–water partition coefficient (Wildman–Crippen LogP) is 2.15. The van der Waals surface area contributed by atoms with E-state index in [0.717, 1.165) is 51.0 Å². The van der Waals surface area contributed by atoms with Gasteiger partial charge in [-0.3, -0.25) is 4.79 Å². The molecule has 18 heavy (non-hydrogen) atoms. The first kappa shape index (κ1) is 13.5. The molecule has 0 spiro atoms. The molecule has 4 nitrogen and oxygen atoms in total. The van der Waals surface area contributed by atoms with E-state index in [0.29, 0.717) is 0 Å². The van der Waals surface area contributed by atoms with Gasteiger partial charge in [0, 0.05) is 37.6 Å². The monoisotopic (exact) mass is 251 g/mol. The first-order valence-electron chi connectivity index (χ1n) is 7.37. The maximum atomic E-state index is 11.9. The lowest BCUT2D eigenvalue weighted by Crippen LogP contribution is -2.35. The number of carbonyl (C=O) groups is 1. The van der Waals surface area contributed by atoms with Crippen molar-refractivity contribution in [2.75, 3.05) is 19.6 Å². The van der Waals surface area contributed by atoms with Gasteiger partial charge in [-0.25, -0.2) is 5.43 Å². The molecule has 2 rings (SSSR count). The van der Waals surface area contributed by atoms with Crippen molar-refractivity contribution in [3.8, 4) is 0 Å². The van der Waals surface area contributed by atoms with Crippen LogP contribution in [-0.2, 0) is 4.79 Å². The van der Waals surface area contributed by atoms with Crippen LogP contribution >= 0.6 is 0 Å². The van der Waals surface area contributed by atoms with Gasteiger partial charge in [0.2, 0.25) is 5.91 Å². The number of carbonyl (C=O) groups excluding carboxylic acids is 1. The summed E-state index contributed by atoms with van der Waals surface area (Å²) in [4.78, 5) is 14.4. The van der Waals surface area contributed by atoms with E-state index in [1.165, 1.54) is 19.3 Å². The number of amides is 1. The molecule has 1 saturated heterocycles. The van der Waals surface area contributed by atoms with Gasteiger partial charge < -0.3 is 4.90 Å². The van der Waals surface area contributed by atoms with E-state index in [4.69, 9.17) is 0 Å². The summed E-state index contributed by atoms with van der Waals surface area (Å²) in [5.41, 5.74) is 3.94. The third-order valence-corrected chi connectivity index (χ3v) is 4.18. The van der Waals surface area contributed by atoms with Crippen LogP contribution in [-0.4, -0.2) is 36.2 Å². The summed E-state index contributed by atoms with van der Waals surface area (Å²) in [6, 6.07) is 0. The van der Waals surface area contributed by atoms with Gasteiger partial charge in [-0.15, -0.1) is 0 Å². The van der Waals surface area contributed by atoms with Gasteiger partial charge in [-0.2, -0.15) is 5.10 Å². The Morgan fingerprint density at radius 3 is 2.56 bits per heavy atom. The van der Waals surface area contributed by atoms with E-state index in [9.17, 15) is 4.79 Å². The van der Waals surface area contributed by atoms with Gasteiger partial charge in [0.15, 0.2) is 0 Å². The Bertz CT molecular complexity index is 298. The van der Waals surface area contributed by atoms with Crippen molar-refractivity contribution in [1.82, 2.24) is 10.3 Å². The normalized spacial score (nSPS) is 22.8. The highest BCUT2D eigenvalue weighted by atomic mass is 16.2. The number of hydrogen-bond donors (Lipinski definition) is 1. The fourth-order valence-corrected chi connectivity index (χ4v) is 2.83. The molecule has 0 unspecified atom stereocenters.